The lowest BCUT2D eigenvalue weighted by Gasteiger charge is -2.12. The first-order chi connectivity index (χ1) is 13.7. The molecule has 0 saturated carbocycles. The van der Waals surface area contributed by atoms with E-state index in [-0.39, 0.29) is 11.7 Å². The minimum Gasteiger partial charge on any atom is -0.347 e. The lowest BCUT2D eigenvalue weighted by Crippen LogP contribution is -2.25. The SMILES string of the molecule is O=C(NCc1ccccc1Cn1ccnc1)c1cncn1-c1ccc(F)cc1. The number of nitrogens with zero attached hydrogens (tertiary/aromatic N) is 4. The number of imidazole rings is 2. The number of rotatable bonds is 6. The van der Waals surface area contributed by atoms with Gasteiger partial charge in [0.2, 0.25) is 0 Å². The summed E-state index contributed by atoms with van der Waals surface area (Å²) in [6.45, 7) is 1.07. The highest BCUT2D eigenvalue weighted by atomic mass is 19.1. The van der Waals surface area contributed by atoms with Crippen LogP contribution in [0.5, 0.6) is 0 Å². The van der Waals surface area contributed by atoms with Gasteiger partial charge in [-0.2, -0.15) is 0 Å². The van der Waals surface area contributed by atoms with E-state index in [0.717, 1.165) is 11.1 Å². The molecule has 6 nitrogen and oxygen atoms in total. The zero-order valence-corrected chi connectivity index (χ0v) is 15.0. The van der Waals surface area contributed by atoms with Crippen LogP contribution in [0.15, 0.2) is 79.8 Å². The zero-order chi connectivity index (χ0) is 19.3. The van der Waals surface area contributed by atoms with E-state index in [4.69, 9.17) is 0 Å². The van der Waals surface area contributed by atoms with Crippen molar-refractivity contribution in [3.63, 3.8) is 0 Å². The second kappa shape index (κ2) is 7.87. The van der Waals surface area contributed by atoms with E-state index in [1.54, 1.807) is 29.2 Å². The summed E-state index contributed by atoms with van der Waals surface area (Å²) in [6, 6.07) is 13.9. The quantitative estimate of drug-likeness (QED) is 0.563. The van der Waals surface area contributed by atoms with Gasteiger partial charge in [0.25, 0.3) is 5.91 Å². The minimum atomic E-state index is -0.329. The number of carbonyl (C=O) groups is 1. The molecular weight excluding hydrogens is 357 g/mol. The molecule has 0 aliphatic heterocycles. The average molecular weight is 375 g/mol. The summed E-state index contributed by atoms with van der Waals surface area (Å²) in [4.78, 5) is 20.8. The molecule has 0 aliphatic rings. The van der Waals surface area contributed by atoms with Crippen molar-refractivity contribution in [1.29, 1.82) is 0 Å². The van der Waals surface area contributed by atoms with Gasteiger partial charge in [0.1, 0.15) is 11.5 Å². The third kappa shape index (κ3) is 3.83. The van der Waals surface area contributed by atoms with Crippen LogP contribution in [0.2, 0.25) is 0 Å². The fourth-order valence-corrected chi connectivity index (χ4v) is 3.00. The first-order valence-electron chi connectivity index (χ1n) is 8.80. The number of hydrogen-bond donors (Lipinski definition) is 1. The highest BCUT2D eigenvalue weighted by Crippen LogP contribution is 2.14. The molecule has 0 aliphatic carbocycles. The fraction of sp³-hybridized carbons (Fsp3) is 0.0952. The first kappa shape index (κ1) is 17.7. The number of aromatic nitrogens is 4. The molecule has 7 heteroatoms. The van der Waals surface area contributed by atoms with Gasteiger partial charge in [0.05, 0.1) is 18.9 Å². The van der Waals surface area contributed by atoms with Crippen LogP contribution in [0.25, 0.3) is 5.69 Å². The summed E-state index contributed by atoms with van der Waals surface area (Å²) in [5.74, 6) is -0.580. The first-order valence-corrected chi connectivity index (χ1v) is 8.80. The predicted molar refractivity (Wildman–Crippen MR) is 102 cm³/mol. The van der Waals surface area contributed by atoms with Crippen molar-refractivity contribution in [3.8, 4) is 5.69 Å². The Hall–Kier alpha value is -3.74. The van der Waals surface area contributed by atoms with Crippen LogP contribution in [0, 0.1) is 5.82 Å². The van der Waals surface area contributed by atoms with Gasteiger partial charge in [-0.25, -0.2) is 14.4 Å². The molecule has 1 N–H and O–H groups in total. The Morgan fingerprint density at radius 2 is 1.79 bits per heavy atom. The third-order valence-corrected chi connectivity index (χ3v) is 4.45. The van der Waals surface area contributed by atoms with Crippen LogP contribution >= 0.6 is 0 Å². The molecular formula is C21H18FN5O. The summed E-state index contributed by atoms with van der Waals surface area (Å²) in [5, 5.41) is 2.94. The van der Waals surface area contributed by atoms with E-state index in [1.807, 2.05) is 35.0 Å². The fourth-order valence-electron chi connectivity index (χ4n) is 3.00. The molecule has 140 valence electrons. The van der Waals surface area contributed by atoms with Crippen molar-refractivity contribution in [1.82, 2.24) is 24.4 Å². The van der Waals surface area contributed by atoms with E-state index < -0.39 is 0 Å². The standard InChI is InChI=1S/C21H18FN5O/c22-18-5-7-19(8-6-18)27-15-24-12-20(27)21(28)25-11-16-3-1-2-4-17(16)13-26-10-9-23-14-26/h1-10,12,14-15H,11,13H2,(H,25,28). The summed E-state index contributed by atoms with van der Waals surface area (Å²) in [6.07, 6.45) is 8.43. The highest BCUT2D eigenvalue weighted by Gasteiger charge is 2.13. The Labute approximate surface area is 161 Å². The van der Waals surface area contributed by atoms with Crippen LogP contribution < -0.4 is 5.32 Å². The number of halogens is 1. The average Bonchev–Trinajstić information content (AvgIpc) is 3.40. The minimum absolute atomic E-state index is 0.251. The molecule has 0 saturated heterocycles. The largest absolute Gasteiger partial charge is 0.347 e. The molecule has 2 aromatic heterocycles. The van der Waals surface area contributed by atoms with Crippen LogP contribution in [0.3, 0.4) is 0 Å². The van der Waals surface area contributed by atoms with Crippen LogP contribution in [0.1, 0.15) is 21.6 Å². The molecule has 28 heavy (non-hydrogen) atoms. The van der Waals surface area contributed by atoms with Gasteiger partial charge >= 0.3 is 0 Å². The van der Waals surface area contributed by atoms with Gasteiger partial charge in [-0.3, -0.25) is 9.36 Å². The molecule has 0 spiro atoms. The van der Waals surface area contributed by atoms with Crippen LogP contribution in [0.4, 0.5) is 4.39 Å². The molecule has 1 amide bonds. The van der Waals surface area contributed by atoms with Crippen molar-refractivity contribution in [2.45, 2.75) is 13.1 Å². The Bertz CT molecular complexity index is 1070. The number of benzene rings is 2. The molecule has 4 aromatic rings. The molecule has 2 heterocycles. The number of hydrogen-bond acceptors (Lipinski definition) is 3. The maximum Gasteiger partial charge on any atom is 0.270 e. The topological polar surface area (TPSA) is 64.7 Å². The van der Waals surface area contributed by atoms with Gasteiger partial charge in [-0.05, 0) is 35.4 Å². The van der Waals surface area contributed by atoms with Crippen LogP contribution in [-0.2, 0) is 13.1 Å². The van der Waals surface area contributed by atoms with Gasteiger partial charge in [0.15, 0.2) is 0 Å². The maximum absolute atomic E-state index is 13.2. The zero-order valence-electron chi connectivity index (χ0n) is 15.0. The molecule has 0 fully saturated rings. The second-order valence-electron chi connectivity index (χ2n) is 6.31. The van der Waals surface area contributed by atoms with Gasteiger partial charge < -0.3 is 9.88 Å². The van der Waals surface area contributed by atoms with Crippen molar-refractivity contribution >= 4 is 5.91 Å². The summed E-state index contributed by atoms with van der Waals surface area (Å²) in [7, 11) is 0. The Balaban J connectivity index is 1.49. The molecule has 2 aromatic carbocycles. The van der Waals surface area contributed by atoms with E-state index >= 15 is 0 Å². The predicted octanol–water partition coefficient (Wildman–Crippen LogP) is 3.19. The summed E-state index contributed by atoms with van der Waals surface area (Å²) < 4.78 is 16.8. The lowest BCUT2D eigenvalue weighted by molar-refractivity contribution is 0.0944. The third-order valence-electron chi connectivity index (χ3n) is 4.45. The Morgan fingerprint density at radius 3 is 2.54 bits per heavy atom. The highest BCUT2D eigenvalue weighted by molar-refractivity contribution is 5.93. The summed E-state index contributed by atoms with van der Waals surface area (Å²) >= 11 is 0. The molecule has 0 atom stereocenters. The van der Waals surface area contributed by atoms with Crippen LogP contribution in [-0.4, -0.2) is 25.0 Å². The van der Waals surface area contributed by atoms with Crippen molar-refractivity contribution in [3.05, 3.63) is 102 Å². The van der Waals surface area contributed by atoms with E-state index in [9.17, 15) is 9.18 Å². The summed E-state index contributed by atoms with van der Waals surface area (Å²) in [5.41, 5.74) is 3.19. The van der Waals surface area contributed by atoms with Crippen molar-refractivity contribution in [2.24, 2.45) is 0 Å². The Morgan fingerprint density at radius 1 is 1.00 bits per heavy atom. The molecule has 4 rings (SSSR count). The maximum atomic E-state index is 13.2. The molecule has 0 bridgehead atoms. The van der Waals surface area contributed by atoms with E-state index in [1.165, 1.54) is 24.7 Å². The van der Waals surface area contributed by atoms with E-state index in [2.05, 4.69) is 15.3 Å². The smallest absolute Gasteiger partial charge is 0.270 e. The van der Waals surface area contributed by atoms with Crippen molar-refractivity contribution in [2.75, 3.05) is 0 Å². The Kier molecular flexibility index (Phi) is 4.97. The van der Waals surface area contributed by atoms with Gasteiger partial charge in [-0.1, -0.05) is 24.3 Å². The van der Waals surface area contributed by atoms with Gasteiger partial charge in [0, 0.05) is 31.2 Å². The van der Waals surface area contributed by atoms with Crippen molar-refractivity contribution < 1.29 is 9.18 Å². The molecule has 0 unspecified atom stereocenters. The number of nitrogens with one attached hydrogen (secondary N) is 1. The number of carbonyl (C=O) groups excluding carboxylic acids is 1. The number of amides is 1. The van der Waals surface area contributed by atoms with E-state index in [0.29, 0.717) is 24.5 Å². The second-order valence-corrected chi connectivity index (χ2v) is 6.31. The lowest BCUT2D eigenvalue weighted by atomic mass is 10.1. The monoisotopic (exact) mass is 375 g/mol. The van der Waals surface area contributed by atoms with Gasteiger partial charge in [-0.15, -0.1) is 0 Å². The molecule has 0 radical (unpaired) electrons. The normalized spacial score (nSPS) is 10.8.